The zero-order valence-electron chi connectivity index (χ0n) is 11.0. The van der Waals surface area contributed by atoms with Crippen molar-refractivity contribution in [2.75, 3.05) is 13.6 Å². The Morgan fingerprint density at radius 2 is 1.88 bits per heavy atom. The highest BCUT2D eigenvalue weighted by molar-refractivity contribution is 5.77. The number of benzene rings is 1. The quantitative estimate of drug-likeness (QED) is 0.586. The average Bonchev–Trinajstić information content (AvgIpc) is 2.25. The molecule has 1 atom stereocenters. The summed E-state index contributed by atoms with van der Waals surface area (Å²) in [4.78, 5) is 2.28. The first-order valence-electron chi connectivity index (χ1n) is 6.08. The molecule has 0 aromatic heterocycles. The second-order valence-corrected chi connectivity index (χ2v) is 4.99. The van der Waals surface area contributed by atoms with E-state index in [0.717, 1.165) is 6.54 Å². The van der Waals surface area contributed by atoms with Gasteiger partial charge >= 0.3 is 0 Å². The zero-order valence-corrected chi connectivity index (χ0v) is 11.0. The van der Waals surface area contributed by atoms with Crippen molar-refractivity contribution < 1.29 is 0 Å². The molecule has 0 bridgehead atoms. The van der Waals surface area contributed by atoms with Crippen molar-refractivity contribution in [3.8, 4) is 0 Å². The van der Waals surface area contributed by atoms with E-state index in [1.165, 1.54) is 5.56 Å². The Kier molecular flexibility index (Phi) is 5.16. The van der Waals surface area contributed by atoms with E-state index >= 15 is 0 Å². The third-order valence-electron chi connectivity index (χ3n) is 2.78. The third kappa shape index (κ3) is 4.57. The van der Waals surface area contributed by atoms with E-state index in [4.69, 9.17) is 11.1 Å². The highest BCUT2D eigenvalue weighted by Gasteiger charge is 2.18. The standard InChI is InChI=1S/C14H23N3/c1-11(2)10-17(3)13(9-14(15)16)12-7-5-4-6-8-12/h4-8,11,13H,9-10H2,1-3H3,(H3,15,16). The summed E-state index contributed by atoms with van der Waals surface area (Å²) in [5.41, 5.74) is 6.78. The number of nitrogens with zero attached hydrogens (tertiary/aromatic N) is 1. The van der Waals surface area contributed by atoms with Gasteiger partial charge in [0.2, 0.25) is 0 Å². The number of rotatable bonds is 6. The first-order chi connectivity index (χ1) is 8.00. The van der Waals surface area contributed by atoms with Gasteiger partial charge in [0.15, 0.2) is 0 Å². The topological polar surface area (TPSA) is 53.1 Å². The van der Waals surface area contributed by atoms with Gasteiger partial charge in [0.05, 0.1) is 5.84 Å². The van der Waals surface area contributed by atoms with Gasteiger partial charge in [-0.2, -0.15) is 0 Å². The number of hydrogen-bond acceptors (Lipinski definition) is 2. The molecule has 94 valence electrons. The molecule has 0 saturated heterocycles. The van der Waals surface area contributed by atoms with E-state index in [1.54, 1.807) is 0 Å². The molecule has 0 saturated carbocycles. The number of hydrogen-bond donors (Lipinski definition) is 2. The molecule has 3 N–H and O–H groups in total. The van der Waals surface area contributed by atoms with Crippen LogP contribution in [0.15, 0.2) is 30.3 Å². The fourth-order valence-electron chi connectivity index (χ4n) is 2.11. The van der Waals surface area contributed by atoms with Crippen LogP contribution in [-0.2, 0) is 0 Å². The van der Waals surface area contributed by atoms with Gasteiger partial charge in [-0.15, -0.1) is 0 Å². The monoisotopic (exact) mass is 233 g/mol. The zero-order chi connectivity index (χ0) is 12.8. The van der Waals surface area contributed by atoms with Crippen molar-refractivity contribution >= 4 is 5.84 Å². The molecule has 3 nitrogen and oxygen atoms in total. The SMILES string of the molecule is CC(C)CN(C)C(CC(=N)N)c1ccccc1. The van der Waals surface area contributed by atoms with Crippen LogP contribution in [0.2, 0.25) is 0 Å². The second-order valence-electron chi connectivity index (χ2n) is 4.99. The van der Waals surface area contributed by atoms with E-state index in [-0.39, 0.29) is 11.9 Å². The van der Waals surface area contributed by atoms with E-state index in [2.05, 4.69) is 37.9 Å². The molecule has 0 heterocycles. The molecule has 0 aliphatic carbocycles. The van der Waals surface area contributed by atoms with Crippen molar-refractivity contribution in [3.05, 3.63) is 35.9 Å². The lowest BCUT2D eigenvalue weighted by molar-refractivity contribution is 0.223. The Bertz CT molecular complexity index is 346. The van der Waals surface area contributed by atoms with Crippen LogP contribution in [-0.4, -0.2) is 24.3 Å². The Morgan fingerprint density at radius 1 is 1.29 bits per heavy atom. The smallest absolute Gasteiger partial charge is 0.0924 e. The molecular formula is C14H23N3. The molecule has 1 unspecified atom stereocenters. The van der Waals surface area contributed by atoms with Crippen molar-refractivity contribution in [1.82, 2.24) is 4.90 Å². The summed E-state index contributed by atoms with van der Waals surface area (Å²) in [5.74, 6) is 0.854. The van der Waals surface area contributed by atoms with Crippen LogP contribution in [0.5, 0.6) is 0 Å². The second kappa shape index (κ2) is 6.40. The van der Waals surface area contributed by atoms with E-state index in [9.17, 15) is 0 Å². The lowest BCUT2D eigenvalue weighted by atomic mass is 10.0. The van der Waals surface area contributed by atoms with Gasteiger partial charge < -0.3 is 5.73 Å². The molecule has 17 heavy (non-hydrogen) atoms. The Balaban J connectivity index is 2.84. The summed E-state index contributed by atoms with van der Waals surface area (Å²) in [6.45, 7) is 5.41. The fourth-order valence-corrected chi connectivity index (χ4v) is 2.11. The van der Waals surface area contributed by atoms with Gasteiger partial charge in [0.25, 0.3) is 0 Å². The fraction of sp³-hybridized carbons (Fsp3) is 0.500. The lowest BCUT2D eigenvalue weighted by Crippen LogP contribution is -2.31. The van der Waals surface area contributed by atoms with Gasteiger partial charge in [-0.3, -0.25) is 10.3 Å². The predicted molar refractivity (Wildman–Crippen MR) is 73.2 cm³/mol. The third-order valence-corrected chi connectivity index (χ3v) is 2.78. The van der Waals surface area contributed by atoms with Gasteiger partial charge in [-0.1, -0.05) is 44.2 Å². The number of nitrogens with two attached hydrogens (primary N) is 1. The van der Waals surface area contributed by atoms with Crippen LogP contribution >= 0.6 is 0 Å². The minimum Gasteiger partial charge on any atom is -0.388 e. The van der Waals surface area contributed by atoms with Crippen molar-refractivity contribution in [3.63, 3.8) is 0 Å². The Labute approximate surface area is 104 Å². The maximum absolute atomic E-state index is 7.50. The van der Waals surface area contributed by atoms with Gasteiger partial charge in [0.1, 0.15) is 0 Å². The molecule has 3 heteroatoms. The summed E-state index contributed by atoms with van der Waals surface area (Å²) in [6.07, 6.45) is 0.591. The summed E-state index contributed by atoms with van der Waals surface area (Å²) in [6, 6.07) is 10.5. The number of nitrogens with one attached hydrogen (secondary N) is 1. The van der Waals surface area contributed by atoms with Crippen molar-refractivity contribution in [1.29, 1.82) is 5.41 Å². The van der Waals surface area contributed by atoms with Gasteiger partial charge in [0, 0.05) is 19.0 Å². The Hall–Kier alpha value is -1.35. The maximum atomic E-state index is 7.50. The first-order valence-corrected chi connectivity index (χ1v) is 6.08. The minimum atomic E-state index is 0.205. The molecule has 0 spiro atoms. The Morgan fingerprint density at radius 3 is 2.35 bits per heavy atom. The van der Waals surface area contributed by atoms with Gasteiger partial charge in [-0.25, -0.2) is 0 Å². The summed E-state index contributed by atoms with van der Waals surface area (Å²) < 4.78 is 0. The van der Waals surface area contributed by atoms with Crippen LogP contribution in [0.25, 0.3) is 0 Å². The first kappa shape index (κ1) is 13.7. The molecule has 0 fully saturated rings. The molecule has 1 rings (SSSR count). The van der Waals surface area contributed by atoms with E-state index in [0.29, 0.717) is 12.3 Å². The van der Waals surface area contributed by atoms with Crippen LogP contribution in [0.3, 0.4) is 0 Å². The molecular weight excluding hydrogens is 210 g/mol. The lowest BCUT2D eigenvalue weighted by Gasteiger charge is -2.29. The molecule has 1 aromatic carbocycles. The van der Waals surface area contributed by atoms with Gasteiger partial charge in [-0.05, 0) is 18.5 Å². The molecule has 0 aliphatic rings. The van der Waals surface area contributed by atoms with E-state index in [1.807, 2.05) is 18.2 Å². The van der Waals surface area contributed by atoms with Crippen LogP contribution in [0.1, 0.15) is 31.9 Å². The molecule has 1 aromatic rings. The summed E-state index contributed by atoms with van der Waals surface area (Å²) >= 11 is 0. The van der Waals surface area contributed by atoms with Crippen LogP contribution < -0.4 is 5.73 Å². The summed E-state index contributed by atoms with van der Waals surface area (Å²) in [7, 11) is 2.10. The summed E-state index contributed by atoms with van der Waals surface area (Å²) in [5, 5.41) is 7.50. The van der Waals surface area contributed by atoms with Crippen molar-refractivity contribution in [2.24, 2.45) is 11.7 Å². The van der Waals surface area contributed by atoms with Crippen molar-refractivity contribution in [2.45, 2.75) is 26.3 Å². The van der Waals surface area contributed by atoms with Crippen LogP contribution in [0.4, 0.5) is 0 Å². The minimum absolute atomic E-state index is 0.205. The normalized spacial score (nSPS) is 13.0. The largest absolute Gasteiger partial charge is 0.388 e. The molecule has 0 radical (unpaired) electrons. The maximum Gasteiger partial charge on any atom is 0.0924 e. The number of amidine groups is 1. The average molecular weight is 233 g/mol. The highest BCUT2D eigenvalue weighted by Crippen LogP contribution is 2.23. The predicted octanol–water partition coefficient (Wildman–Crippen LogP) is 2.64. The molecule has 0 amide bonds. The molecule has 0 aliphatic heterocycles. The highest BCUT2D eigenvalue weighted by atomic mass is 15.1. The van der Waals surface area contributed by atoms with E-state index < -0.39 is 0 Å². The van der Waals surface area contributed by atoms with Crippen LogP contribution in [0, 0.1) is 11.3 Å².